The Morgan fingerprint density at radius 2 is 1.62 bits per heavy atom. The smallest absolute Gasteiger partial charge is 0.270 e. The molecule has 2 aromatic rings. The molecule has 0 N–H and O–H groups in total. The molecule has 2 aromatic carbocycles. The average Bonchev–Trinajstić information content (AvgIpc) is 2.46. The van der Waals surface area contributed by atoms with Gasteiger partial charge in [-0.25, -0.2) is 0 Å². The van der Waals surface area contributed by atoms with Crippen molar-refractivity contribution in [2.45, 2.75) is 0 Å². The molecule has 0 aromatic heterocycles. The minimum absolute atomic E-state index is 0.00938. The first-order valence-electron chi connectivity index (χ1n) is 5.76. The minimum Gasteiger partial charge on any atom is -0.282 e. The number of non-ortho nitro benzene ring substituents is 1. The van der Waals surface area contributed by atoms with Gasteiger partial charge < -0.3 is 0 Å². The number of benzene rings is 2. The predicted molar refractivity (Wildman–Crippen MR) is 85.2 cm³/mol. The van der Waals surface area contributed by atoms with E-state index >= 15 is 0 Å². The monoisotopic (exact) mass is 319 g/mol. The van der Waals surface area contributed by atoms with Gasteiger partial charge in [0.2, 0.25) is 10.2 Å². The topological polar surface area (TPSA) is 77.3 Å². The molecule has 0 spiro atoms. The third-order valence-corrected chi connectivity index (χ3v) is 3.33. The Hall–Kier alpha value is -2.12. The molecule has 0 amide bonds. The molecule has 0 aliphatic carbocycles. The minimum atomic E-state index is -0.728. The van der Waals surface area contributed by atoms with Gasteiger partial charge in [-0.15, -0.1) is 25.3 Å². The van der Waals surface area contributed by atoms with Crippen LogP contribution in [-0.2, 0) is 0 Å². The van der Waals surface area contributed by atoms with Gasteiger partial charge >= 0.3 is 0 Å². The van der Waals surface area contributed by atoms with Crippen LogP contribution in [0.2, 0.25) is 0 Å². The fraction of sp³-hybridized carbons (Fsp3) is 0. The van der Waals surface area contributed by atoms with Crippen LogP contribution in [0.25, 0.3) is 11.1 Å². The molecule has 0 radical (unpaired) electrons. The molecule has 5 nitrogen and oxygen atoms in total. The van der Waals surface area contributed by atoms with Gasteiger partial charge in [-0.3, -0.25) is 19.7 Å². The third kappa shape index (κ3) is 3.14. The van der Waals surface area contributed by atoms with Gasteiger partial charge in [-0.1, -0.05) is 30.3 Å². The number of carbonyl (C=O) groups is 2. The van der Waals surface area contributed by atoms with Crippen molar-refractivity contribution in [2.75, 3.05) is 0 Å². The van der Waals surface area contributed by atoms with Crippen molar-refractivity contribution in [3.63, 3.8) is 0 Å². The maximum atomic E-state index is 11.8. The normalized spacial score (nSPS) is 10.2. The van der Waals surface area contributed by atoms with Gasteiger partial charge in [0, 0.05) is 28.8 Å². The van der Waals surface area contributed by atoms with Crippen LogP contribution in [0.1, 0.15) is 20.7 Å². The molecule has 0 aliphatic rings. The van der Waals surface area contributed by atoms with Crippen molar-refractivity contribution < 1.29 is 14.5 Å². The largest absolute Gasteiger partial charge is 0.282 e. The molecule has 0 heterocycles. The summed E-state index contributed by atoms with van der Waals surface area (Å²) in [6.45, 7) is 0. The molecule has 0 atom stereocenters. The quantitative estimate of drug-likeness (QED) is 0.514. The van der Waals surface area contributed by atoms with Crippen LogP contribution in [0.15, 0.2) is 42.5 Å². The summed E-state index contributed by atoms with van der Waals surface area (Å²) in [7, 11) is 0. The van der Waals surface area contributed by atoms with Crippen molar-refractivity contribution in [3.8, 4) is 11.1 Å². The summed E-state index contributed by atoms with van der Waals surface area (Å²) in [6, 6.07) is 10.9. The molecule has 21 heavy (non-hydrogen) atoms. The second-order valence-electron chi connectivity index (χ2n) is 4.15. The predicted octanol–water partition coefficient (Wildman–Crippen LogP) is 3.40. The van der Waals surface area contributed by atoms with Gasteiger partial charge in [0.25, 0.3) is 5.69 Å². The van der Waals surface area contributed by atoms with Crippen LogP contribution >= 0.6 is 25.3 Å². The molecule has 0 saturated carbocycles. The molecule has 7 heteroatoms. The highest BCUT2D eigenvalue weighted by Gasteiger charge is 2.23. The summed E-state index contributed by atoms with van der Waals surface area (Å²) in [6.07, 6.45) is 0. The number of rotatable bonds is 4. The lowest BCUT2D eigenvalue weighted by Gasteiger charge is -2.10. The molecule has 0 fully saturated rings. The van der Waals surface area contributed by atoms with E-state index in [0.717, 1.165) is 6.07 Å². The van der Waals surface area contributed by atoms with Crippen LogP contribution in [0, 0.1) is 10.1 Å². The van der Waals surface area contributed by atoms with Crippen LogP contribution in [0.4, 0.5) is 5.69 Å². The molecule has 106 valence electrons. The molecular formula is C14H9NO4S2. The fourth-order valence-corrected chi connectivity index (χ4v) is 2.39. The third-order valence-electron chi connectivity index (χ3n) is 2.86. The maximum absolute atomic E-state index is 11.8. The Morgan fingerprint density at radius 3 is 2.10 bits per heavy atom. The van der Waals surface area contributed by atoms with E-state index in [1.54, 1.807) is 30.3 Å². The average molecular weight is 319 g/mol. The van der Waals surface area contributed by atoms with E-state index in [-0.39, 0.29) is 22.4 Å². The van der Waals surface area contributed by atoms with Crippen LogP contribution < -0.4 is 0 Å². The lowest BCUT2D eigenvalue weighted by Crippen LogP contribution is -2.05. The van der Waals surface area contributed by atoms with Crippen molar-refractivity contribution >= 4 is 41.2 Å². The Bertz CT molecular complexity index is 744. The van der Waals surface area contributed by atoms with E-state index < -0.39 is 15.2 Å². The molecule has 0 bridgehead atoms. The highest BCUT2D eigenvalue weighted by molar-refractivity contribution is 7.98. The van der Waals surface area contributed by atoms with Gasteiger partial charge in [0.15, 0.2) is 0 Å². The van der Waals surface area contributed by atoms with Crippen LogP contribution in [0.5, 0.6) is 0 Å². The van der Waals surface area contributed by atoms with Crippen LogP contribution in [-0.4, -0.2) is 15.2 Å². The summed E-state index contributed by atoms with van der Waals surface area (Å²) in [5.41, 5.74) is 0.447. The second-order valence-corrected chi connectivity index (χ2v) is 4.96. The summed E-state index contributed by atoms with van der Waals surface area (Å²) in [4.78, 5) is 33.7. The van der Waals surface area contributed by atoms with Crippen molar-refractivity contribution in [1.29, 1.82) is 0 Å². The Morgan fingerprint density at radius 1 is 1.00 bits per heavy atom. The summed E-state index contributed by atoms with van der Waals surface area (Å²) in [5.74, 6) is 0. The first-order valence-corrected chi connectivity index (χ1v) is 6.65. The number of nitrogens with zero attached hydrogens (tertiary/aromatic N) is 1. The van der Waals surface area contributed by atoms with E-state index in [4.69, 9.17) is 0 Å². The van der Waals surface area contributed by atoms with Crippen molar-refractivity contribution in [2.24, 2.45) is 0 Å². The van der Waals surface area contributed by atoms with E-state index in [1.165, 1.54) is 6.07 Å². The lowest BCUT2D eigenvalue weighted by molar-refractivity contribution is -0.384. The van der Waals surface area contributed by atoms with E-state index in [9.17, 15) is 19.7 Å². The summed E-state index contributed by atoms with van der Waals surface area (Å²) < 4.78 is 0. The Kier molecular flexibility index (Phi) is 4.44. The van der Waals surface area contributed by atoms with Gasteiger partial charge in [-0.2, -0.15) is 0 Å². The number of carbonyl (C=O) groups excluding carboxylic acids is 2. The molecular weight excluding hydrogens is 310 g/mol. The molecule has 2 rings (SSSR count). The Balaban J connectivity index is 2.86. The van der Waals surface area contributed by atoms with Crippen molar-refractivity contribution in [1.82, 2.24) is 0 Å². The molecule has 0 unspecified atom stereocenters. The molecule has 0 aliphatic heterocycles. The maximum Gasteiger partial charge on any atom is 0.270 e. The summed E-state index contributed by atoms with van der Waals surface area (Å²) >= 11 is 7.44. The first-order chi connectivity index (χ1) is 9.91. The second kappa shape index (κ2) is 6.11. The lowest BCUT2D eigenvalue weighted by atomic mass is 9.95. The zero-order chi connectivity index (χ0) is 15.6. The molecule has 0 saturated heterocycles. The number of hydrogen-bond donors (Lipinski definition) is 2. The van der Waals surface area contributed by atoms with Gasteiger partial charge in [0.1, 0.15) is 0 Å². The van der Waals surface area contributed by atoms with Gasteiger partial charge in [0.05, 0.1) is 4.92 Å². The van der Waals surface area contributed by atoms with Gasteiger partial charge in [-0.05, 0) is 5.56 Å². The van der Waals surface area contributed by atoms with Crippen LogP contribution in [0.3, 0.4) is 0 Å². The summed E-state index contributed by atoms with van der Waals surface area (Å²) in [5, 5.41) is 9.63. The highest BCUT2D eigenvalue weighted by Crippen LogP contribution is 2.32. The number of nitro groups is 1. The number of thiol groups is 2. The number of nitro benzene ring substituents is 1. The highest BCUT2D eigenvalue weighted by atomic mass is 32.1. The zero-order valence-corrected chi connectivity index (χ0v) is 12.3. The first kappa shape index (κ1) is 15.3. The standard InChI is InChI=1S/C14H9NO4S2/c16-13(20)11-7-9(15(18)19)6-10(12(11)14(17)21)8-4-2-1-3-5-8/h1-7H,(H,16,20)(H,17,21). The fourth-order valence-electron chi connectivity index (χ4n) is 1.98. The van der Waals surface area contributed by atoms with E-state index in [2.05, 4.69) is 25.3 Å². The van der Waals surface area contributed by atoms with E-state index in [0.29, 0.717) is 5.56 Å². The zero-order valence-electron chi connectivity index (χ0n) is 10.5. The Labute approximate surface area is 131 Å². The van der Waals surface area contributed by atoms with Crippen molar-refractivity contribution in [3.05, 3.63) is 63.7 Å². The van der Waals surface area contributed by atoms with E-state index in [1.807, 2.05) is 0 Å². The SMILES string of the molecule is O=C(S)c1cc([N+](=O)[O-])cc(-c2ccccc2)c1C(=O)S. The number of hydrogen-bond acceptors (Lipinski definition) is 4.